The quantitative estimate of drug-likeness (QED) is 0.774. The lowest BCUT2D eigenvalue weighted by Crippen LogP contribution is -2.31. The van der Waals surface area contributed by atoms with Gasteiger partial charge in [0.2, 0.25) is 5.89 Å². The Labute approximate surface area is 128 Å². The van der Waals surface area contributed by atoms with Gasteiger partial charge in [0.05, 0.1) is 5.92 Å². The number of fused-ring (bicyclic) bond motifs is 1. The molecule has 0 bridgehead atoms. The molecule has 6 heteroatoms. The van der Waals surface area contributed by atoms with Gasteiger partial charge >= 0.3 is 0 Å². The Kier molecular flexibility index (Phi) is 3.38. The Balaban J connectivity index is 1.57. The Morgan fingerprint density at radius 1 is 1.32 bits per heavy atom. The van der Waals surface area contributed by atoms with E-state index < -0.39 is 0 Å². The first-order valence-electron chi connectivity index (χ1n) is 7.80. The smallest absolute Gasteiger partial charge is 0.231 e. The van der Waals surface area contributed by atoms with E-state index >= 15 is 0 Å². The fourth-order valence-electron chi connectivity index (χ4n) is 3.29. The fraction of sp³-hybridized carbons (Fsp3) is 0.438. The third-order valence-electron chi connectivity index (χ3n) is 4.51. The Bertz CT molecular complexity index is 778. The van der Waals surface area contributed by atoms with Gasteiger partial charge in [0, 0.05) is 30.2 Å². The highest BCUT2D eigenvalue weighted by Gasteiger charge is 2.28. The van der Waals surface area contributed by atoms with Gasteiger partial charge < -0.3 is 15.2 Å². The molecule has 0 aliphatic heterocycles. The normalized spacial score (nSPS) is 22.2. The van der Waals surface area contributed by atoms with Crippen LogP contribution in [-0.4, -0.2) is 26.2 Å². The minimum atomic E-state index is 0.138. The van der Waals surface area contributed by atoms with Crippen LogP contribution in [0.4, 0.5) is 0 Å². The van der Waals surface area contributed by atoms with E-state index in [1.54, 1.807) is 6.20 Å². The summed E-state index contributed by atoms with van der Waals surface area (Å²) < 4.78 is 5.47. The topological polar surface area (TPSA) is 93.6 Å². The second-order valence-corrected chi connectivity index (χ2v) is 5.99. The lowest BCUT2D eigenvalue weighted by atomic mass is 9.85. The van der Waals surface area contributed by atoms with Crippen molar-refractivity contribution < 1.29 is 4.52 Å². The van der Waals surface area contributed by atoms with E-state index in [-0.39, 0.29) is 12.0 Å². The van der Waals surface area contributed by atoms with Crippen molar-refractivity contribution >= 4 is 11.0 Å². The van der Waals surface area contributed by atoms with Gasteiger partial charge in [0.25, 0.3) is 0 Å². The van der Waals surface area contributed by atoms with Crippen molar-refractivity contribution in [2.45, 2.75) is 44.1 Å². The molecule has 1 fully saturated rings. The number of aromatic nitrogens is 4. The van der Waals surface area contributed by atoms with Gasteiger partial charge in [-0.3, -0.25) is 0 Å². The molecule has 0 unspecified atom stereocenters. The summed E-state index contributed by atoms with van der Waals surface area (Å²) >= 11 is 0. The molecule has 6 nitrogen and oxygen atoms in total. The van der Waals surface area contributed by atoms with E-state index in [1.807, 2.05) is 18.3 Å². The third-order valence-corrected chi connectivity index (χ3v) is 4.51. The van der Waals surface area contributed by atoms with Crippen molar-refractivity contribution in [1.82, 2.24) is 20.1 Å². The molecule has 0 saturated heterocycles. The predicted octanol–water partition coefficient (Wildman–Crippen LogP) is 2.52. The van der Waals surface area contributed by atoms with Crippen LogP contribution in [0.25, 0.3) is 11.0 Å². The van der Waals surface area contributed by atoms with Gasteiger partial charge in [0.1, 0.15) is 5.65 Å². The van der Waals surface area contributed by atoms with Crippen LogP contribution in [0.1, 0.15) is 48.9 Å². The molecule has 1 aliphatic carbocycles. The number of aromatic amines is 1. The van der Waals surface area contributed by atoms with Crippen molar-refractivity contribution in [3.8, 4) is 0 Å². The summed E-state index contributed by atoms with van der Waals surface area (Å²) in [5.74, 6) is 1.61. The third kappa shape index (κ3) is 2.39. The van der Waals surface area contributed by atoms with Crippen molar-refractivity contribution in [3.05, 3.63) is 41.8 Å². The van der Waals surface area contributed by atoms with Crippen molar-refractivity contribution in [2.75, 3.05) is 0 Å². The minimum Gasteiger partial charge on any atom is -0.346 e. The van der Waals surface area contributed by atoms with Crippen molar-refractivity contribution in [1.29, 1.82) is 0 Å². The summed E-state index contributed by atoms with van der Waals surface area (Å²) in [4.78, 5) is 12.0. The Hall–Kier alpha value is -2.21. The lowest BCUT2D eigenvalue weighted by Gasteiger charge is -2.25. The van der Waals surface area contributed by atoms with Crippen LogP contribution in [0.3, 0.4) is 0 Å². The van der Waals surface area contributed by atoms with E-state index in [2.05, 4.69) is 20.1 Å². The van der Waals surface area contributed by atoms with Crippen LogP contribution < -0.4 is 5.73 Å². The van der Waals surface area contributed by atoms with Crippen LogP contribution in [0, 0.1) is 0 Å². The van der Waals surface area contributed by atoms with E-state index in [1.165, 1.54) is 12.8 Å². The molecule has 0 aromatic carbocycles. The molecule has 0 amide bonds. The molecule has 2 atom stereocenters. The lowest BCUT2D eigenvalue weighted by molar-refractivity contribution is 0.289. The average molecular weight is 297 g/mol. The fourth-order valence-corrected chi connectivity index (χ4v) is 3.29. The van der Waals surface area contributed by atoms with E-state index in [0.29, 0.717) is 18.1 Å². The van der Waals surface area contributed by atoms with Gasteiger partial charge in [-0.1, -0.05) is 18.0 Å². The van der Waals surface area contributed by atoms with E-state index in [0.717, 1.165) is 29.4 Å². The molecule has 3 heterocycles. The molecule has 4 rings (SSSR count). The molecule has 1 saturated carbocycles. The Morgan fingerprint density at radius 3 is 3.14 bits per heavy atom. The second-order valence-electron chi connectivity index (χ2n) is 5.99. The Morgan fingerprint density at radius 2 is 2.23 bits per heavy atom. The van der Waals surface area contributed by atoms with Crippen LogP contribution in [0.5, 0.6) is 0 Å². The number of pyridine rings is 1. The molecule has 0 radical (unpaired) electrons. The first kappa shape index (κ1) is 13.5. The average Bonchev–Trinajstić information content (AvgIpc) is 3.16. The summed E-state index contributed by atoms with van der Waals surface area (Å²) in [7, 11) is 0. The van der Waals surface area contributed by atoms with Crippen LogP contribution in [0.2, 0.25) is 0 Å². The standard InChI is InChI=1S/C16H19N5O/c17-13-6-2-1-4-12(13)16-20-14(21-22-16)8-10-9-19-15-11(10)5-3-7-18-15/h3,5,7,9,12-13H,1-2,4,6,8,17H2,(H,18,19)/t12-,13+/m0/s1. The van der Waals surface area contributed by atoms with Gasteiger partial charge in [-0.05, 0) is 30.5 Å². The van der Waals surface area contributed by atoms with E-state index in [9.17, 15) is 0 Å². The van der Waals surface area contributed by atoms with Crippen molar-refractivity contribution in [3.63, 3.8) is 0 Å². The van der Waals surface area contributed by atoms with Gasteiger partial charge in [0.15, 0.2) is 5.82 Å². The number of hydrogen-bond donors (Lipinski definition) is 2. The van der Waals surface area contributed by atoms with Crippen LogP contribution >= 0.6 is 0 Å². The van der Waals surface area contributed by atoms with Gasteiger partial charge in [-0.2, -0.15) is 4.98 Å². The summed E-state index contributed by atoms with van der Waals surface area (Å²) in [5, 5.41) is 5.23. The monoisotopic (exact) mass is 297 g/mol. The number of nitrogens with zero attached hydrogens (tertiary/aromatic N) is 3. The molecule has 3 aromatic rings. The zero-order valence-electron chi connectivity index (χ0n) is 12.3. The maximum atomic E-state index is 6.19. The zero-order chi connectivity index (χ0) is 14.9. The zero-order valence-corrected chi connectivity index (χ0v) is 12.3. The number of hydrogen-bond acceptors (Lipinski definition) is 5. The first-order chi connectivity index (χ1) is 10.8. The molecule has 114 valence electrons. The summed E-state index contributed by atoms with van der Waals surface area (Å²) in [6, 6.07) is 4.12. The van der Waals surface area contributed by atoms with Gasteiger partial charge in [-0.25, -0.2) is 4.98 Å². The van der Waals surface area contributed by atoms with E-state index in [4.69, 9.17) is 10.3 Å². The highest BCUT2D eigenvalue weighted by molar-refractivity contribution is 5.79. The largest absolute Gasteiger partial charge is 0.346 e. The number of H-pyrrole nitrogens is 1. The second kappa shape index (κ2) is 5.53. The maximum absolute atomic E-state index is 6.19. The summed E-state index contributed by atoms with van der Waals surface area (Å²) in [5.41, 5.74) is 8.20. The molecule has 0 spiro atoms. The molecule has 1 aliphatic rings. The highest BCUT2D eigenvalue weighted by Crippen LogP contribution is 2.31. The van der Waals surface area contributed by atoms with Crippen molar-refractivity contribution in [2.24, 2.45) is 5.73 Å². The van der Waals surface area contributed by atoms with Crippen LogP contribution in [-0.2, 0) is 6.42 Å². The molecular formula is C16H19N5O. The summed E-state index contributed by atoms with van der Waals surface area (Å²) in [6.45, 7) is 0. The van der Waals surface area contributed by atoms with Crippen LogP contribution in [0.15, 0.2) is 29.0 Å². The first-order valence-corrected chi connectivity index (χ1v) is 7.80. The number of nitrogens with one attached hydrogen (secondary N) is 1. The number of nitrogens with two attached hydrogens (primary N) is 1. The molecule has 22 heavy (non-hydrogen) atoms. The maximum Gasteiger partial charge on any atom is 0.231 e. The molecular weight excluding hydrogens is 278 g/mol. The molecule has 3 N–H and O–H groups in total. The minimum absolute atomic E-state index is 0.138. The highest BCUT2D eigenvalue weighted by atomic mass is 16.5. The van der Waals surface area contributed by atoms with Gasteiger partial charge in [-0.15, -0.1) is 0 Å². The predicted molar refractivity (Wildman–Crippen MR) is 82.4 cm³/mol. The summed E-state index contributed by atoms with van der Waals surface area (Å²) in [6.07, 6.45) is 8.83. The SMILES string of the molecule is N[C@@H]1CCCC[C@@H]1c1nc(Cc2c[nH]c3ncccc23)no1. The molecule has 3 aromatic heterocycles. The number of rotatable bonds is 3.